The first kappa shape index (κ1) is 26.7. The summed E-state index contributed by atoms with van der Waals surface area (Å²) in [5, 5.41) is 3.18. The van der Waals surface area contributed by atoms with Crippen LogP contribution in [0, 0.1) is 13.8 Å². The van der Waals surface area contributed by atoms with Crippen LogP contribution >= 0.6 is 11.6 Å². The maximum atomic E-state index is 13.6. The molecule has 0 radical (unpaired) electrons. The molecule has 0 saturated heterocycles. The van der Waals surface area contributed by atoms with Gasteiger partial charge in [-0.25, -0.2) is 8.42 Å². The van der Waals surface area contributed by atoms with Crippen molar-refractivity contribution in [2.75, 3.05) is 23.7 Å². The van der Waals surface area contributed by atoms with Gasteiger partial charge in [0.1, 0.15) is 12.6 Å². The second kappa shape index (κ2) is 11.5. The molecule has 0 aromatic heterocycles. The van der Waals surface area contributed by atoms with Crippen LogP contribution in [0.25, 0.3) is 0 Å². The van der Waals surface area contributed by atoms with E-state index in [2.05, 4.69) is 5.32 Å². The molecular weight excluding hydrogens is 462 g/mol. The van der Waals surface area contributed by atoms with Crippen molar-refractivity contribution in [3.05, 3.63) is 64.2 Å². The fourth-order valence-corrected chi connectivity index (χ4v) is 4.75. The fourth-order valence-electron chi connectivity index (χ4n) is 3.68. The minimum absolute atomic E-state index is 0.183. The normalized spacial score (nSPS) is 12.2. The van der Waals surface area contributed by atoms with Crippen molar-refractivity contribution < 1.29 is 18.0 Å². The van der Waals surface area contributed by atoms with Crippen molar-refractivity contribution in [3.8, 4) is 0 Å². The van der Waals surface area contributed by atoms with Gasteiger partial charge in [-0.05, 0) is 50.5 Å². The Morgan fingerprint density at radius 3 is 2.33 bits per heavy atom. The zero-order chi connectivity index (χ0) is 24.8. The smallest absolute Gasteiger partial charge is 0.244 e. The van der Waals surface area contributed by atoms with Crippen LogP contribution in [0.5, 0.6) is 0 Å². The van der Waals surface area contributed by atoms with Crippen LogP contribution in [0.4, 0.5) is 5.69 Å². The molecule has 0 aliphatic carbocycles. The molecule has 0 aliphatic rings. The molecular formula is C24H32ClN3O4S. The van der Waals surface area contributed by atoms with Crippen LogP contribution in [-0.2, 0) is 26.2 Å². The Hall–Kier alpha value is -2.58. The van der Waals surface area contributed by atoms with E-state index >= 15 is 0 Å². The summed E-state index contributed by atoms with van der Waals surface area (Å²) in [7, 11) is -3.80. The van der Waals surface area contributed by atoms with Crippen LogP contribution in [0.1, 0.15) is 37.0 Å². The van der Waals surface area contributed by atoms with Crippen molar-refractivity contribution in [1.82, 2.24) is 10.2 Å². The van der Waals surface area contributed by atoms with Crippen molar-refractivity contribution in [1.29, 1.82) is 0 Å². The number of nitrogens with zero attached hydrogens (tertiary/aromatic N) is 2. The van der Waals surface area contributed by atoms with Crippen molar-refractivity contribution in [3.63, 3.8) is 0 Å². The van der Waals surface area contributed by atoms with Gasteiger partial charge in [0.15, 0.2) is 0 Å². The van der Waals surface area contributed by atoms with Gasteiger partial charge in [0.05, 0.1) is 11.9 Å². The lowest BCUT2D eigenvalue weighted by Crippen LogP contribution is -2.52. The number of likely N-dealkylation sites (N-methyl/N-ethyl adjacent to an activating group) is 1. The predicted molar refractivity (Wildman–Crippen MR) is 133 cm³/mol. The topological polar surface area (TPSA) is 86.8 Å². The number of carbonyl (C=O) groups excluding carboxylic acids is 2. The molecule has 9 heteroatoms. The molecule has 2 rings (SSSR count). The number of sulfonamides is 1. The Kier molecular flexibility index (Phi) is 9.31. The van der Waals surface area contributed by atoms with Crippen molar-refractivity contribution in [2.24, 2.45) is 0 Å². The van der Waals surface area contributed by atoms with E-state index in [1.165, 1.54) is 4.90 Å². The van der Waals surface area contributed by atoms with Crippen LogP contribution in [0.3, 0.4) is 0 Å². The van der Waals surface area contributed by atoms with Crippen LogP contribution in [-0.4, -0.2) is 50.5 Å². The molecule has 2 aromatic carbocycles. The van der Waals surface area contributed by atoms with Crippen molar-refractivity contribution in [2.45, 2.75) is 46.7 Å². The number of aryl methyl sites for hydroxylation is 1. The monoisotopic (exact) mass is 493 g/mol. The molecule has 0 heterocycles. The number of hydrogen-bond acceptors (Lipinski definition) is 4. The zero-order valence-electron chi connectivity index (χ0n) is 19.8. The summed E-state index contributed by atoms with van der Waals surface area (Å²) in [4.78, 5) is 27.8. The first-order chi connectivity index (χ1) is 15.5. The lowest BCUT2D eigenvalue weighted by molar-refractivity contribution is -0.140. The van der Waals surface area contributed by atoms with Gasteiger partial charge >= 0.3 is 0 Å². The average molecular weight is 494 g/mol. The standard InChI is InChI=1S/C24H32ClN3O4S/c1-6-21(24(30)26-7-2)27(15-19-11-8-10-17(3)14-19)23(29)16-28(33(5,31)32)22-13-9-12-20(25)18(22)4/h8-14,21H,6-7,15-16H2,1-5H3,(H,26,30). The predicted octanol–water partition coefficient (Wildman–Crippen LogP) is 3.67. The first-order valence-corrected chi connectivity index (χ1v) is 13.1. The molecule has 2 aromatic rings. The first-order valence-electron chi connectivity index (χ1n) is 10.8. The molecule has 2 amide bonds. The molecule has 0 spiro atoms. The van der Waals surface area contributed by atoms with Crippen LogP contribution in [0.15, 0.2) is 42.5 Å². The molecule has 1 atom stereocenters. The quantitative estimate of drug-likeness (QED) is 0.547. The molecule has 180 valence electrons. The summed E-state index contributed by atoms with van der Waals surface area (Å²) >= 11 is 6.21. The molecule has 0 aliphatic heterocycles. The molecule has 33 heavy (non-hydrogen) atoms. The van der Waals surface area contributed by atoms with Gasteiger partial charge in [0.2, 0.25) is 21.8 Å². The summed E-state index contributed by atoms with van der Waals surface area (Å²) in [6, 6.07) is 11.8. The average Bonchev–Trinajstić information content (AvgIpc) is 2.73. The number of anilines is 1. The number of rotatable bonds is 10. The van der Waals surface area contributed by atoms with Gasteiger partial charge in [-0.1, -0.05) is 54.4 Å². The van der Waals surface area contributed by atoms with E-state index < -0.39 is 28.5 Å². The Labute approximate surface area is 201 Å². The Bertz CT molecular complexity index is 1100. The molecule has 0 saturated carbocycles. The number of carbonyl (C=O) groups is 2. The summed E-state index contributed by atoms with van der Waals surface area (Å²) < 4.78 is 26.4. The third kappa shape index (κ3) is 6.95. The molecule has 7 nitrogen and oxygen atoms in total. The summed E-state index contributed by atoms with van der Waals surface area (Å²) in [5.74, 6) is -0.745. The second-order valence-corrected chi connectivity index (χ2v) is 10.3. The van der Waals surface area contributed by atoms with E-state index in [0.717, 1.165) is 21.7 Å². The lowest BCUT2D eigenvalue weighted by Gasteiger charge is -2.33. The Balaban J connectivity index is 2.48. The van der Waals surface area contributed by atoms with E-state index in [4.69, 9.17) is 11.6 Å². The van der Waals surface area contributed by atoms with Crippen LogP contribution < -0.4 is 9.62 Å². The van der Waals surface area contributed by atoms with E-state index in [9.17, 15) is 18.0 Å². The zero-order valence-corrected chi connectivity index (χ0v) is 21.3. The van der Waals surface area contributed by atoms with Gasteiger partial charge in [0.25, 0.3) is 0 Å². The van der Waals surface area contributed by atoms with E-state index in [-0.39, 0.29) is 12.5 Å². The highest BCUT2D eigenvalue weighted by Crippen LogP contribution is 2.28. The van der Waals surface area contributed by atoms with Gasteiger partial charge in [-0.3, -0.25) is 13.9 Å². The second-order valence-electron chi connectivity index (χ2n) is 7.98. The minimum Gasteiger partial charge on any atom is -0.355 e. The third-order valence-corrected chi connectivity index (χ3v) is 6.90. The summed E-state index contributed by atoms with van der Waals surface area (Å²) in [6.45, 7) is 7.46. The maximum absolute atomic E-state index is 13.6. The van der Waals surface area contributed by atoms with Gasteiger partial charge in [-0.2, -0.15) is 0 Å². The SMILES string of the molecule is CCNC(=O)C(CC)N(Cc1cccc(C)c1)C(=O)CN(c1cccc(Cl)c1C)S(C)(=O)=O. The highest BCUT2D eigenvalue weighted by atomic mass is 35.5. The highest BCUT2D eigenvalue weighted by molar-refractivity contribution is 7.92. The summed E-state index contributed by atoms with van der Waals surface area (Å²) in [5.41, 5.74) is 2.77. The highest BCUT2D eigenvalue weighted by Gasteiger charge is 2.32. The number of amides is 2. The molecule has 0 fully saturated rings. The van der Waals surface area contributed by atoms with E-state index in [1.54, 1.807) is 25.1 Å². The molecule has 1 unspecified atom stereocenters. The molecule has 0 bridgehead atoms. The van der Waals surface area contributed by atoms with Gasteiger partial charge in [-0.15, -0.1) is 0 Å². The number of nitrogens with one attached hydrogen (secondary N) is 1. The minimum atomic E-state index is -3.80. The Morgan fingerprint density at radius 2 is 1.76 bits per heavy atom. The van der Waals surface area contributed by atoms with Gasteiger partial charge < -0.3 is 10.2 Å². The number of benzene rings is 2. The van der Waals surface area contributed by atoms with Crippen LogP contribution in [0.2, 0.25) is 5.02 Å². The van der Waals surface area contributed by atoms with E-state index in [1.807, 2.05) is 45.0 Å². The summed E-state index contributed by atoms with van der Waals surface area (Å²) in [6.07, 6.45) is 1.44. The number of halogens is 1. The largest absolute Gasteiger partial charge is 0.355 e. The van der Waals surface area contributed by atoms with Crippen molar-refractivity contribution >= 4 is 39.1 Å². The Morgan fingerprint density at radius 1 is 1.09 bits per heavy atom. The third-order valence-electron chi connectivity index (χ3n) is 5.36. The maximum Gasteiger partial charge on any atom is 0.244 e. The fraction of sp³-hybridized carbons (Fsp3) is 0.417. The molecule has 1 N–H and O–H groups in total. The lowest BCUT2D eigenvalue weighted by atomic mass is 10.1. The van der Waals surface area contributed by atoms with Gasteiger partial charge in [0, 0.05) is 18.1 Å². The van der Waals surface area contributed by atoms with E-state index in [0.29, 0.717) is 29.2 Å². The number of hydrogen-bond donors (Lipinski definition) is 1.